The summed E-state index contributed by atoms with van der Waals surface area (Å²) < 4.78 is 5.19. The van der Waals surface area contributed by atoms with Crippen molar-refractivity contribution in [2.75, 3.05) is 18.5 Å². The average molecular weight is 290 g/mol. The topological polar surface area (TPSA) is 87.7 Å². The third-order valence-electron chi connectivity index (χ3n) is 3.20. The molecule has 1 aromatic rings. The molecule has 0 spiro atoms. The predicted octanol–water partition coefficient (Wildman–Crippen LogP) is 2.00. The van der Waals surface area contributed by atoms with Gasteiger partial charge in [-0.15, -0.1) is 0 Å². The van der Waals surface area contributed by atoms with E-state index in [-0.39, 0.29) is 12.1 Å². The monoisotopic (exact) mass is 290 g/mol. The number of rotatable bonds is 4. The molecule has 1 heterocycles. The molecule has 6 heteroatoms. The number of nitrogens with one attached hydrogen (secondary N) is 2. The Balaban J connectivity index is 1.96. The van der Waals surface area contributed by atoms with Crippen LogP contribution >= 0.6 is 0 Å². The third kappa shape index (κ3) is 4.61. The second-order valence-electron chi connectivity index (χ2n) is 4.90. The molecular formula is C15H18N2O4. The third-order valence-corrected chi connectivity index (χ3v) is 3.20. The summed E-state index contributed by atoms with van der Waals surface area (Å²) in [6, 6.07) is 5.09. The Hall–Kier alpha value is -2.34. The van der Waals surface area contributed by atoms with Crippen molar-refractivity contribution in [2.24, 2.45) is 0 Å². The van der Waals surface area contributed by atoms with Gasteiger partial charge in [-0.05, 0) is 42.7 Å². The van der Waals surface area contributed by atoms with Gasteiger partial charge in [-0.1, -0.05) is 6.07 Å². The van der Waals surface area contributed by atoms with Crippen LogP contribution < -0.4 is 10.6 Å². The summed E-state index contributed by atoms with van der Waals surface area (Å²) in [5, 5.41) is 14.2. The summed E-state index contributed by atoms with van der Waals surface area (Å²) in [5.41, 5.74) is 2.35. The van der Waals surface area contributed by atoms with Gasteiger partial charge in [0, 0.05) is 18.4 Å². The summed E-state index contributed by atoms with van der Waals surface area (Å²) in [6.45, 7) is 3.08. The van der Waals surface area contributed by atoms with E-state index in [1.54, 1.807) is 18.2 Å². The zero-order chi connectivity index (χ0) is 15.2. The average Bonchev–Trinajstić information content (AvgIpc) is 2.90. The highest BCUT2D eigenvalue weighted by atomic mass is 16.5. The summed E-state index contributed by atoms with van der Waals surface area (Å²) in [5.74, 6) is -0.991. The molecule has 0 radical (unpaired) electrons. The number of aryl methyl sites for hydroxylation is 1. The van der Waals surface area contributed by atoms with Gasteiger partial charge in [0.15, 0.2) is 0 Å². The lowest BCUT2D eigenvalue weighted by atomic mass is 10.1. The molecule has 1 fully saturated rings. The highest BCUT2D eigenvalue weighted by Gasteiger charge is 2.17. The van der Waals surface area contributed by atoms with Gasteiger partial charge in [0.2, 0.25) is 0 Å². The SMILES string of the molecule is Cc1cc(NC(=O)NC2CCOC2)ccc1/C=C/C(=O)O. The normalized spacial score (nSPS) is 17.9. The zero-order valence-electron chi connectivity index (χ0n) is 11.8. The number of carboxylic acids is 1. The van der Waals surface area contributed by atoms with Crippen molar-refractivity contribution < 1.29 is 19.4 Å². The van der Waals surface area contributed by atoms with Gasteiger partial charge in [0.25, 0.3) is 0 Å². The molecule has 0 bridgehead atoms. The summed E-state index contributed by atoms with van der Waals surface area (Å²) in [6.07, 6.45) is 3.44. The minimum atomic E-state index is -0.991. The first-order valence-electron chi connectivity index (χ1n) is 6.71. The first kappa shape index (κ1) is 15.1. The Kier molecular flexibility index (Phi) is 4.94. The highest BCUT2D eigenvalue weighted by molar-refractivity contribution is 5.90. The van der Waals surface area contributed by atoms with Gasteiger partial charge < -0.3 is 20.5 Å². The Morgan fingerprint density at radius 1 is 1.43 bits per heavy atom. The van der Waals surface area contributed by atoms with E-state index >= 15 is 0 Å². The van der Waals surface area contributed by atoms with E-state index in [2.05, 4.69) is 10.6 Å². The van der Waals surface area contributed by atoms with Crippen LogP contribution in [-0.2, 0) is 9.53 Å². The maximum atomic E-state index is 11.8. The van der Waals surface area contributed by atoms with Gasteiger partial charge in [-0.2, -0.15) is 0 Å². The van der Waals surface area contributed by atoms with Crippen molar-refractivity contribution >= 4 is 23.8 Å². The molecule has 2 amide bonds. The first-order chi connectivity index (χ1) is 10.0. The molecular weight excluding hydrogens is 272 g/mol. The summed E-state index contributed by atoms with van der Waals surface area (Å²) in [4.78, 5) is 22.3. The van der Waals surface area contributed by atoms with Crippen LogP contribution in [0.25, 0.3) is 6.08 Å². The van der Waals surface area contributed by atoms with Crippen LogP contribution in [0, 0.1) is 6.92 Å². The molecule has 1 aliphatic heterocycles. The molecule has 1 saturated heterocycles. The highest BCUT2D eigenvalue weighted by Crippen LogP contribution is 2.16. The fraction of sp³-hybridized carbons (Fsp3) is 0.333. The van der Waals surface area contributed by atoms with Crippen molar-refractivity contribution in [2.45, 2.75) is 19.4 Å². The molecule has 0 saturated carbocycles. The van der Waals surface area contributed by atoms with Gasteiger partial charge in [0.1, 0.15) is 0 Å². The van der Waals surface area contributed by atoms with Gasteiger partial charge in [0.05, 0.1) is 12.6 Å². The van der Waals surface area contributed by atoms with E-state index in [1.165, 1.54) is 6.08 Å². The van der Waals surface area contributed by atoms with Crippen LogP contribution in [0.15, 0.2) is 24.3 Å². The lowest BCUT2D eigenvalue weighted by Gasteiger charge is -2.12. The second kappa shape index (κ2) is 6.90. The summed E-state index contributed by atoms with van der Waals surface area (Å²) >= 11 is 0. The van der Waals surface area contributed by atoms with Crippen molar-refractivity contribution in [1.29, 1.82) is 0 Å². The van der Waals surface area contributed by atoms with Gasteiger partial charge in [-0.25, -0.2) is 9.59 Å². The van der Waals surface area contributed by atoms with Crippen LogP contribution in [0.3, 0.4) is 0 Å². The Morgan fingerprint density at radius 3 is 2.86 bits per heavy atom. The molecule has 112 valence electrons. The van der Waals surface area contributed by atoms with E-state index in [1.807, 2.05) is 6.92 Å². The van der Waals surface area contributed by atoms with Crippen molar-refractivity contribution in [1.82, 2.24) is 5.32 Å². The summed E-state index contributed by atoms with van der Waals surface area (Å²) in [7, 11) is 0. The molecule has 6 nitrogen and oxygen atoms in total. The molecule has 2 rings (SSSR count). The molecule has 1 aromatic carbocycles. The number of carboxylic acid groups (broad SMARTS) is 1. The Morgan fingerprint density at radius 2 is 2.24 bits per heavy atom. The molecule has 1 unspecified atom stereocenters. The van der Waals surface area contributed by atoms with E-state index in [9.17, 15) is 9.59 Å². The standard InChI is InChI=1S/C15H18N2O4/c1-10-8-12(4-2-11(10)3-5-14(18)19)16-15(20)17-13-6-7-21-9-13/h2-5,8,13H,6-7,9H2,1H3,(H,18,19)(H2,16,17,20)/b5-3+. The largest absolute Gasteiger partial charge is 0.478 e. The minimum Gasteiger partial charge on any atom is -0.478 e. The van der Waals surface area contributed by atoms with Crippen molar-refractivity contribution in [3.63, 3.8) is 0 Å². The predicted molar refractivity (Wildman–Crippen MR) is 79.2 cm³/mol. The van der Waals surface area contributed by atoms with E-state index in [0.29, 0.717) is 18.9 Å². The molecule has 1 atom stereocenters. The quantitative estimate of drug-likeness (QED) is 0.740. The number of carbonyl (C=O) groups excluding carboxylic acids is 1. The number of hydrogen-bond donors (Lipinski definition) is 3. The minimum absolute atomic E-state index is 0.0591. The molecule has 21 heavy (non-hydrogen) atoms. The van der Waals surface area contributed by atoms with Crippen LogP contribution in [-0.4, -0.2) is 36.4 Å². The Labute approximate surface area is 122 Å². The molecule has 0 aliphatic carbocycles. The number of hydrogen-bond acceptors (Lipinski definition) is 3. The number of urea groups is 1. The first-order valence-corrected chi connectivity index (χ1v) is 6.71. The maximum Gasteiger partial charge on any atom is 0.328 e. The van der Waals surface area contributed by atoms with E-state index in [0.717, 1.165) is 23.6 Å². The van der Waals surface area contributed by atoms with E-state index in [4.69, 9.17) is 9.84 Å². The fourth-order valence-electron chi connectivity index (χ4n) is 2.10. The van der Waals surface area contributed by atoms with Crippen molar-refractivity contribution in [3.8, 4) is 0 Å². The van der Waals surface area contributed by atoms with Crippen LogP contribution in [0.5, 0.6) is 0 Å². The Bertz CT molecular complexity index is 563. The maximum absolute atomic E-state index is 11.8. The molecule has 1 aliphatic rings. The number of carbonyl (C=O) groups is 2. The van der Waals surface area contributed by atoms with Crippen LogP contribution in [0.1, 0.15) is 17.5 Å². The number of anilines is 1. The van der Waals surface area contributed by atoms with Crippen LogP contribution in [0.4, 0.5) is 10.5 Å². The van der Waals surface area contributed by atoms with Crippen LogP contribution in [0.2, 0.25) is 0 Å². The lowest BCUT2D eigenvalue weighted by Crippen LogP contribution is -2.38. The fourth-order valence-corrected chi connectivity index (χ4v) is 2.10. The van der Waals surface area contributed by atoms with Crippen molar-refractivity contribution in [3.05, 3.63) is 35.4 Å². The number of aliphatic carboxylic acids is 1. The molecule has 0 aromatic heterocycles. The zero-order valence-corrected chi connectivity index (χ0v) is 11.8. The smallest absolute Gasteiger partial charge is 0.328 e. The number of ether oxygens (including phenoxy) is 1. The molecule has 3 N–H and O–H groups in total. The lowest BCUT2D eigenvalue weighted by molar-refractivity contribution is -0.131. The van der Waals surface area contributed by atoms with E-state index < -0.39 is 5.97 Å². The van der Waals surface area contributed by atoms with Gasteiger partial charge in [-0.3, -0.25) is 0 Å². The van der Waals surface area contributed by atoms with Gasteiger partial charge >= 0.3 is 12.0 Å². The second-order valence-corrected chi connectivity index (χ2v) is 4.90. The number of benzene rings is 1. The number of amides is 2.